The summed E-state index contributed by atoms with van der Waals surface area (Å²) in [4.78, 5) is 69.8. The summed E-state index contributed by atoms with van der Waals surface area (Å²) < 4.78 is 0. The number of phenolic OH excluding ortho intramolecular Hbond substituents is 1. The number of aliphatic carboxylic acids is 1. The van der Waals surface area contributed by atoms with Gasteiger partial charge in [0.05, 0.1) is 28.9 Å². The number of likely N-dealkylation sites (tertiary alicyclic amines) is 1. The number of benzene rings is 3. The van der Waals surface area contributed by atoms with E-state index in [4.69, 9.17) is 5.11 Å². The molecule has 3 aromatic carbocycles. The first kappa shape index (κ1) is 31.4. The minimum Gasteiger partial charge on any atom is -0.508 e. The lowest BCUT2D eigenvalue weighted by molar-refractivity contribution is -0.142. The van der Waals surface area contributed by atoms with E-state index in [0.717, 1.165) is 21.7 Å². The number of carboxylic acid groups (broad SMARTS) is 1. The van der Waals surface area contributed by atoms with Gasteiger partial charge in [0.15, 0.2) is 0 Å². The monoisotopic (exact) mass is 647 g/mol. The number of fused-ring (bicyclic) bond motifs is 4. The number of aromatic hydroxyl groups is 1. The van der Waals surface area contributed by atoms with Gasteiger partial charge in [-0.15, -0.1) is 0 Å². The van der Waals surface area contributed by atoms with E-state index in [9.17, 15) is 24.3 Å². The zero-order valence-corrected chi connectivity index (χ0v) is 26.8. The molecule has 2 saturated heterocycles. The number of carboxylic acids is 1. The van der Waals surface area contributed by atoms with Crippen LogP contribution in [0.4, 0.5) is 5.69 Å². The SMILES string of the molecule is Cc1ccc(NN2C(=O)C3CC4C(=CCC5C(=O)N(CCCC(=O)O)C(=O)C54)C(c4ccc(O)c(C)c4)C3(c3ccccc3)C2=O)cc1. The number of allylic oxidation sites excluding steroid dienone is 2. The van der Waals surface area contributed by atoms with Crippen molar-refractivity contribution in [2.75, 3.05) is 12.0 Å². The molecule has 1 saturated carbocycles. The van der Waals surface area contributed by atoms with Crippen molar-refractivity contribution in [2.24, 2.45) is 23.7 Å². The number of nitrogens with one attached hydrogen (secondary N) is 1. The number of imide groups is 2. The molecule has 0 bridgehead atoms. The molecular formula is C38H37N3O7. The van der Waals surface area contributed by atoms with Gasteiger partial charge >= 0.3 is 5.97 Å². The number of rotatable bonds is 8. The summed E-state index contributed by atoms with van der Waals surface area (Å²) in [5.41, 5.74) is 6.13. The first-order valence-corrected chi connectivity index (χ1v) is 16.4. The quantitative estimate of drug-likeness (QED) is 0.232. The number of phenols is 1. The molecule has 2 aliphatic carbocycles. The highest BCUT2D eigenvalue weighted by Gasteiger charge is 2.70. The summed E-state index contributed by atoms with van der Waals surface area (Å²) in [5.74, 6) is -5.85. The second-order valence-electron chi connectivity index (χ2n) is 13.5. The van der Waals surface area contributed by atoms with E-state index in [0.29, 0.717) is 16.8 Å². The predicted molar refractivity (Wildman–Crippen MR) is 175 cm³/mol. The minimum atomic E-state index is -1.39. The number of amides is 4. The van der Waals surface area contributed by atoms with Gasteiger partial charge in [-0.3, -0.25) is 34.3 Å². The fourth-order valence-corrected chi connectivity index (χ4v) is 8.65. The minimum absolute atomic E-state index is 0.0165. The summed E-state index contributed by atoms with van der Waals surface area (Å²) in [5, 5.41) is 20.8. The van der Waals surface area contributed by atoms with Crippen molar-refractivity contribution in [3.63, 3.8) is 0 Å². The summed E-state index contributed by atoms with van der Waals surface area (Å²) in [6, 6.07) is 21.9. The Balaban J connectivity index is 1.39. The molecule has 3 fully saturated rings. The molecule has 4 aliphatic rings. The Morgan fingerprint density at radius 3 is 2.33 bits per heavy atom. The molecule has 3 N–H and O–H groups in total. The van der Waals surface area contributed by atoms with Gasteiger partial charge in [-0.2, -0.15) is 5.01 Å². The molecule has 7 rings (SSSR count). The fourth-order valence-electron chi connectivity index (χ4n) is 8.65. The van der Waals surface area contributed by atoms with E-state index < -0.39 is 52.8 Å². The lowest BCUT2D eigenvalue weighted by Gasteiger charge is -2.50. The highest BCUT2D eigenvalue weighted by Crippen LogP contribution is 2.64. The van der Waals surface area contributed by atoms with Gasteiger partial charge in [-0.25, -0.2) is 0 Å². The fraction of sp³-hybridized carbons (Fsp3) is 0.342. The highest BCUT2D eigenvalue weighted by atomic mass is 16.4. The lowest BCUT2D eigenvalue weighted by atomic mass is 9.49. The Hall–Kier alpha value is -5.25. The Kier molecular flexibility index (Phi) is 7.69. The number of carbonyl (C=O) groups is 5. The van der Waals surface area contributed by atoms with Crippen LogP contribution in [0.2, 0.25) is 0 Å². The summed E-state index contributed by atoms with van der Waals surface area (Å²) in [6.07, 6.45) is 2.43. The molecular weight excluding hydrogens is 610 g/mol. The predicted octanol–water partition coefficient (Wildman–Crippen LogP) is 4.86. The molecule has 6 atom stereocenters. The maximum Gasteiger partial charge on any atom is 0.303 e. The summed E-state index contributed by atoms with van der Waals surface area (Å²) >= 11 is 0. The number of carbonyl (C=O) groups excluding carboxylic acids is 4. The number of hydrazine groups is 1. The van der Waals surface area contributed by atoms with Gasteiger partial charge in [0.1, 0.15) is 5.75 Å². The third-order valence-corrected chi connectivity index (χ3v) is 10.8. The van der Waals surface area contributed by atoms with Gasteiger partial charge in [-0.1, -0.05) is 71.8 Å². The molecule has 0 radical (unpaired) electrons. The molecule has 2 aliphatic heterocycles. The van der Waals surface area contributed by atoms with E-state index in [-0.39, 0.29) is 49.8 Å². The maximum atomic E-state index is 15.1. The highest BCUT2D eigenvalue weighted by molar-refractivity contribution is 6.13. The molecule has 6 unspecified atom stereocenters. The van der Waals surface area contributed by atoms with Crippen molar-refractivity contribution in [1.29, 1.82) is 0 Å². The van der Waals surface area contributed by atoms with E-state index in [1.165, 1.54) is 4.90 Å². The van der Waals surface area contributed by atoms with Crippen molar-refractivity contribution >= 4 is 35.3 Å². The van der Waals surface area contributed by atoms with E-state index in [1.807, 2.05) is 73.7 Å². The topological polar surface area (TPSA) is 144 Å². The van der Waals surface area contributed by atoms with Crippen LogP contribution in [-0.2, 0) is 29.4 Å². The van der Waals surface area contributed by atoms with E-state index in [1.54, 1.807) is 19.1 Å². The van der Waals surface area contributed by atoms with Gasteiger partial charge < -0.3 is 10.2 Å². The number of hydrogen-bond donors (Lipinski definition) is 3. The second kappa shape index (κ2) is 11.8. The number of aryl methyl sites for hydroxylation is 2. The van der Waals surface area contributed by atoms with Crippen LogP contribution in [0.3, 0.4) is 0 Å². The molecule has 0 spiro atoms. The van der Waals surface area contributed by atoms with Crippen molar-refractivity contribution < 1.29 is 34.2 Å². The zero-order valence-electron chi connectivity index (χ0n) is 26.8. The van der Waals surface area contributed by atoms with Crippen molar-refractivity contribution in [3.8, 4) is 5.75 Å². The first-order valence-electron chi connectivity index (χ1n) is 16.4. The van der Waals surface area contributed by atoms with Crippen LogP contribution in [-0.4, -0.2) is 56.3 Å². The van der Waals surface area contributed by atoms with Crippen LogP contribution in [0.15, 0.2) is 84.4 Å². The normalized spacial score (nSPS) is 27.8. The summed E-state index contributed by atoms with van der Waals surface area (Å²) in [7, 11) is 0. The van der Waals surface area contributed by atoms with Crippen LogP contribution < -0.4 is 5.43 Å². The van der Waals surface area contributed by atoms with Crippen LogP contribution in [0, 0.1) is 37.5 Å². The molecule has 3 aromatic rings. The molecule has 2 heterocycles. The number of anilines is 1. The summed E-state index contributed by atoms with van der Waals surface area (Å²) in [6.45, 7) is 3.74. The Morgan fingerprint density at radius 1 is 0.917 bits per heavy atom. The van der Waals surface area contributed by atoms with Crippen molar-refractivity contribution in [1.82, 2.24) is 9.91 Å². The first-order chi connectivity index (χ1) is 23.0. The standard InChI is InChI=1S/C38H37N3O7/c1-21-10-13-25(14-11-21)39-41-35(46)29-20-28-26(15-16-27-32(28)36(47)40(34(27)45)18-6-9-31(43)44)33(23-12-17-30(42)22(2)19-23)38(29,37(41)48)24-7-4-3-5-8-24/h3-5,7-8,10-15,17,19,27-29,32-33,39,42H,6,9,16,18,20H2,1-2H3,(H,43,44). The van der Waals surface area contributed by atoms with Crippen LogP contribution in [0.25, 0.3) is 0 Å². The lowest BCUT2D eigenvalue weighted by Crippen LogP contribution is -2.53. The average molecular weight is 648 g/mol. The molecule has 4 amide bonds. The van der Waals surface area contributed by atoms with Crippen molar-refractivity contribution in [3.05, 3.63) is 107 Å². The zero-order chi connectivity index (χ0) is 33.9. The molecule has 48 heavy (non-hydrogen) atoms. The molecule has 10 nitrogen and oxygen atoms in total. The Morgan fingerprint density at radius 2 is 1.65 bits per heavy atom. The van der Waals surface area contributed by atoms with Gasteiger partial charge in [-0.05, 0) is 73.9 Å². The van der Waals surface area contributed by atoms with Crippen molar-refractivity contribution in [2.45, 2.75) is 50.9 Å². The number of hydrogen-bond acceptors (Lipinski definition) is 7. The van der Waals surface area contributed by atoms with Gasteiger partial charge in [0, 0.05) is 18.9 Å². The Labute approximate surface area is 278 Å². The Bertz CT molecular complexity index is 1870. The van der Waals surface area contributed by atoms with Crippen LogP contribution in [0.1, 0.15) is 53.9 Å². The second-order valence-corrected chi connectivity index (χ2v) is 13.5. The third-order valence-electron chi connectivity index (χ3n) is 10.8. The smallest absolute Gasteiger partial charge is 0.303 e. The molecule has 246 valence electrons. The van der Waals surface area contributed by atoms with Gasteiger partial charge in [0.25, 0.3) is 11.8 Å². The van der Waals surface area contributed by atoms with E-state index in [2.05, 4.69) is 5.43 Å². The molecule has 0 aromatic heterocycles. The maximum absolute atomic E-state index is 15.1. The third kappa shape index (κ3) is 4.72. The number of nitrogens with zero attached hydrogens (tertiary/aromatic N) is 2. The van der Waals surface area contributed by atoms with Crippen LogP contribution >= 0.6 is 0 Å². The van der Waals surface area contributed by atoms with Gasteiger partial charge in [0.2, 0.25) is 11.8 Å². The molecule has 10 heteroatoms. The largest absolute Gasteiger partial charge is 0.508 e. The average Bonchev–Trinajstić information content (AvgIpc) is 3.44. The van der Waals surface area contributed by atoms with E-state index >= 15 is 4.79 Å². The van der Waals surface area contributed by atoms with Crippen LogP contribution in [0.5, 0.6) is 5.75 Å².